The molecule has 142 valence electrons. The number of rotatable bonds is 5. The molecule has 0 bridgehead atoms. The maximum Gasteiger partial charge on any atom is 0.273 e. The maximum atomic E-state index is 14.2. The van der Waals surface area contributed by atoms with Gasteiger partial charge < -0.3 is 4.90 Å². The lowest BCUT2D eigenvalue weighted by atomic mass is 9.99. The number of benzene rings is 2. The fourth-order valence-corrected chi connectivity index (χ4v) is 3.89. The van der Waals surface area contributed by atoms with E-state index in [-0.39, 0.29) is 5.56 Å². The van der Waals surface area contributed by atoms with E-state index < -0.39 is 27.7 Å². The molecule has 1 aromatic heterocycles. The van der Waals surface area contributed by atoms with E-state index in [0.29, 0.717) is 29.4 Å². The van der Waals surface area contributed by atoms with E-state index >= 15 is 0 Å². The monoisotopic (exact) mass is 392 g/mol. The number of aromatic nitrogens is 1. The Balaban J connectivity index is 2.41. The summed E-state index contributed by atoms with van der Waals surface area (Å²) in [7, 11) is 1.50. The minimum absolute atomic E-state index is 0.0250. The van der Waals surface area contributed by atoms with Gasteiger partial charge >= 0.3 is 0 Å². The van der Waals surface area contributed by atoms with E-state index in [1.54, 1.807) is 54.6 Å². The fraction of sp³-hybridized carbons (Fsp3) is 0.200. The normalized spacial score (nSPS) is 12.2. The van der Waals surface area contributed by atoms with Gasteiger partial charge in [-0.1, -0.05) is 55.5 Å². The molecule has 27 heavy (non-hydrogen) atoms. The Morgan fingerprint density at radius 2 is 1.67 bits per heavy atom. The van der Waals surface area contributed by atoms with Crippen LogP contribution in [0.2, 0.25) is 0 Å². The molecule has 0 radical (unpaired) electrons. The highest BCUT2D eigenvalue weighted by molar-refractivity contribution is 8.21. The Morgan fingerprint density at radius 3 is 2.30 bits per heavy atom. The molecule has 0 aliphatic rings. The third-order valence-electron chi connectivity index (χ3n) is 4.25. The van der Waals surface area contributed by atoms with E-state index in [4.69, 9.17) is 0 Å². The summed E-state index contributed by atoms with van der Waals surface area (Å²) in [6.07, 6.45) is 0.648. The first-order chi connectivity index (χ1) is 12.8. The Labute approximate surface area is 158 Å². The largest absolute Gasteiger partial charge is 0.340 e. The molecular weight excluding hydrogens is 373 g/mol. The van der Waals surface area contributed by atoms with Crippen molar-refractivity contribution in [2.75, 3.05) is 13.6 Å². The number of pyridine rings is 1. The van der Waals surface area contributed by atoms with Crippen molar-refractivity contribution >= 4 is 28.0 Å². The zero-order valence-corrected chi connectivity index (χ0v) is 15.8. The Bertz CT molecular complexity index is 974. The molecule has 0 unspecified atom stereocenters. The van der Waals surface area contributed by atoms with E-state index in [1.165, 1.54) is 11.9 Å². The van der Waals surface area contributed by atoms with E-state index in [2.05, 4.69) is 4.98 Å². The molecule has 0 saturated heterocycles. The highest BCUT2D eigenvalue weighted by Gasteiger charge is 2.37. The first-order valence-corrected chi connectivity index (χ1v) is 9.83. The van der Waals surface area contributed by atoms with Crippen molar-refractivity contribution in [3.05, 3.63) is 60.3 Å². The molecule has 0 N–H and O–H groups in total. The van der Waals surface area contributed by atoms with Gasteiger partial charge in [0.15, 0.2) is 0 Å². The number of fused-ring (bicyclic) bond motifs is 1. The maximum absolute atomic E-state index is 14.2. The van der Waals surface area contributed by atoms with Gasteiger partial charge in [-0.2, -0.15) is 0 Å². The zero-order valence-electron chi connectivity index (χ0n) is 15.0. The van der Waals surface area contributed by atoms with Crippen molar-refractivity contribution in [3.63, 3.8) is 0 Å². The summed E-state index contributed by atoms with van der Waals surface area (Å²) < 4.78 is 42.6. The second-order valence-electron chi connectivity index (χ2n) is 6.18. The molecule has 0 atom stereocenters. The summed E-state index contributed by atoms with van der Waals surface area (Å²) in [5, 5.41) is 0.387. The molecule has 0 saturated carbocycles. The molecule has 0 spiro atoms. The lowest BCUT2D eigenvalue weighted by Gasteiger charge is -2.23. The number of hydrogen-bond acceptors (Lipinski definition) is 2. The highest BCUT2D eigenvalue weighted by Crippen LogP contribution is 2.65. The van der Waals surface area contributed by atoms with Crippen molar-refractivity contribution < 1.29 is 16.5 Å². The predicted octanol–water partition coefficient (Wildman–Crippen LogP) is 6.20. The Hall–Kier alpha value is -2.54. The van der Waals surface area contributed by atoms with Crippen LogP contribution >= 0.6 is 11.2 Å². The standard InChI is InChI=1S/C20H19F3N2OS/c1-3-13-25(2)20(26)18-19(27(21,22)23)17(14-9-5-4-6-10-14)15-11-7-8-12-16(15)24-18/h4-12H,3,13H2,1-2H3. The summed E-state index contributed by atoms with van der Waals surface area (Å²) in [5.74, 6) is -0.709. The molecule has 0 fully saturated rings. The van der Waals surface area contributed by atoms with Gasteiger partial charge in [-0.05, 0) is 18.1 Å². The van der Waals surface area contributed by atoms with Gasteiger partial charge in [0.05, 0.1) is 5.52 Å². The van der Waals surface area contributed by atoms with Crippen LogP contribution < -0.4 is 0 Å². The van der Waals surface area contributed by atoms with Crippen LogP contribution in [0.25, 0.3) is 22.0 Å². The molecule has 0 aliphatic heterocycles. The highest BCUT2D eigenvalue weighted by atomic mass is 32.3. The first-order valence-electron chi connectivity index (χ1n) is 8.50. The minimum atomic E-state index is -5.71. The quantitative estimate of drug-likeness (QED) is 0.518. The van der Waals surface area contributed by atoms with Gasteiger partial charge in [-0.25, -0.2) is 4.98 Å². The molecule has 1 heterocycles. The van der Waals surface area contributed by atoms with Crippen LogP contribution in [0.3, 0.4) is 0 Å². The lowest BCUT2D eigenvalue weighted by molar-refractivity contribution is 0.0785. The average Bonchev–Trinajstić information content (AvgIpc) is 2.66. The van der Waals surface area contributed by atoms with Crippen LogP contribution in [0, 0.1) is 0 Å². The number of halogens is 3. The summed E-state index contributed by atoms with van der Waals surface area (Å²) in [6, 6.07) is 15.0. The summed E-state index contributed by atoms with van der Waals surface area (Å²) in [5.41, 5.74) is 0.295. The van der Waals surface area contributed by atoms with Crippen LogP contribution in [0.15, 0.2) is 59.5 Å². The van der Waals surface area contributed by atoms with Crippen LogP contribution in [0.5, 0.6) is 0 Å². The number of para-hydroxylation sites is 1. The summed E-state index contributed by atoms with van der Waals surface area (Å²) >= 11 is -5.71. The SMILES string of the molecule is CCCN(C)C(=O)c1nc2ccccc2c(-c2ccccc2)c1S(F)(F)F. The van der Waals surface area contributed by atoms with Crippen LogP contribution in [0.1, 0.15) is 23.8 Å². The predicted molar refractivity (Wildman–Crippen MR) is 104 cm³/mol. The number of carbonyl (C=O) groups is 1. The summed E-state index contributed by atoms with van der Waals surface area (Å²) in [4.78, 5) is 17.3. The second kappa shape index (κ2) is 7.60. The van der Waals surface area contributed by atoms with Gasteiger partial charge in [0, 0.05) is 24.5 Å². The van der Waals surface area contributed by atoms with Crippen molar-refractivity contribution in [1.29, 1.82) is 0 Å². The molecule has 3 aromatic rings. The summed E-state index contributed by atoms with van der Waals surface area (Å²) in [6.45, 7) is 2.23. The second-order valence-corrected chi connectivity index (χ2v) is 7.40. The van der Waals surface area contributed by atoms with Crippen molar-refractivity contribution in [1.82, 2.24) is 9.88 Å². The third kappa shape index (κ3) is 3.78. The minimum Gasteiger partial charge on any atom is -0.340 e. The average molecular weight is 392 g/mol. The van der Waals surface area contributed by atoms with E-state index in [1.807, 2.05) is 6.92 Å². The molecule has 2 aromatic carbocycles. The number of amides is 1. The van der Waals surface area contributed by atoms with Gasteiger partial charge in [0.1, 0.15) is 10.6 Å². The van der Waals surface area contributed by atoms with Crippen molar-refractivity contribution in [2.24, 2.45) is 0 Å². The molecule has 1 amide bonds. The van der Waals surface area contributed by atoms with Gasteiger partial charge in [0.2, 0.25) is 11.2 Å². The van der Waals surface area contributed by atoms with E-state index in [0.717, 1.165) is 0 Å². The molecule has 0 aliphatic carbocycles. The first kappa shape index (κ1) is 19.2. The van der Waals surface area contributed by atoms with Crippen molar-refractivity contribution in [3.8, 4) is 11.1 Å². The zero-order chi connectivity index (χ0) is 19.6. The fourth-order valence-electron chi connectivity index (χ4n) is 3.07. The number of nitrogens with zero attached hydrogens (tertiary/aromatic N) is 2. The Kier molecular flexibility index (Phi) is 5.41. The number of carbonyl (C=O) groups excluding carboxylic acids is 1. The van der Waals surface area contributed by atoms with E-state index in [9.17, 15) is 16.5 Å². The van der Waals surface area contributed by atoms with Crippen molar-refractivity contribution in [2.45, 2.75) is 18.2 Å². The smallest absolute Gasteiger partial charge is 0.273 e. The lowest BCUT2D eigenvalue weighted by Crippen LogP contribution is -2.29. The van der Waals surface area contributed by atoms with Crippen LogP contribution in [-0.2, 0) is 0 Å². The molecule has 3 nitrogen and oxygen atoms in total. The van der Waals surface area contributed by atoms with Crippen LogP contribution in [-0.4, -0.2) is 29.4 Å². The Morgan fingerprint density at radius 1 is 1.04 bits per heavy atom. The topological polar surface area (TPSA) is 33.2 Å². The third-order valence-corrected chi connectivity index (χ3v) is 5.11. The molecule has 7 heteroatoms. The van der Waals surface area contributed by atoms with Gasteiger partial charge in [0.25, 0.3) is 5.91 Å². The number of hydrogen-bond donors (Lipinski definition) is 0. The van der Waals surface area contributed by atoms with Gasteiger partial charge in [-0.3, -0.25) is 4.79 Å². The van der Waals surface area contributed by atoms with Crippen LogP contribution in [0.4, 0.5) is 11.7 Å². The molecular formula is C20H19F3N2OS. The van der Waals surface area contributed by atoms with Gasteiger partial charge in [-0.15, -0.1) is 11.7 Å². The molecule has 3 rings (SSSR count).